The van der Waals surface area contributed by atoms with Crippen LogP contribution in [0.15, 0.2) is 55.0 Å². The normalized spacial score (nSPS) is 18.6. The molecule has 2 heterocycles. The van der Waals surface area contributed by atoms with E-state index in [1.165, 1.54) is 16.7 Å². The zero-order chi connectivity index (χ0) is 14.2. The van der Waals surface area contributed by atoms with Crippen molar-refractivity contribution >= 4 is 10.9 Å². The Morgan fingerprint density at radius 3 is 3.00 bits per heavy atom. The Balaban J connectivity index is 1.84. The van der Waals surface area contributed by atoms with Gasteiger partial charge in [0, 0.05) is 30.6 Å². The van der Waals surface area contributed by atoms with Gasteiger partial charge in [0.2, 0.25) is 0 Å². The minimum Gasteiger partial charge on any atom is -0.301 e. The van der Waals surface area contributed by atoms with Crippen LogP contribution in [0.1, 0.15) is 22.6 Å². The number of nitrogens with zero attached hydrogens (tertiary/aromatic N) is 3. The lowest BCUT2D eigenvalue weighted by molar-refractivity contribution is 0.295. The molecule has 3 heteroatoms. The highest BCUT2D eigenvalue weighted by molar-refractivity contribution is 5.78. The van der Waals surface area contributed by atoms with E-state index in [2.05, 4.69) is 64.4 Å². The van der Waals surface area contributed by atoms with Crippen molar-refractivity contribution in [1.82, 2.24) is 14.9 Å². The molecule has 4 rings (SSSR count). The molecule has 3 aromatic rings. The van der Waals surface area contributed by atoms with Crippen molar-refractivity contribution in [2.45, 2.75) is 12.5 Å². The molecule has 0 aliphatic carbocycles. The van der Waals surface area contributed by atoms with E-state index in [0.717, 1.165) is 24.0 Å². The van der Waals surface area contributed by atoms with Crippen LogP contribution in [0.3, 0.4) is 0 Å². The second-order valence-electron chi connectivity index (χ2n) is 5.79. The van der Waals surface area contributed by atoms with Crippen LogP contribution in [0.2, 0.25) is 0 Å². The molecule has 104 valence electrons. The van der Waals surface area contributed by atoms with Gasteiger partial charge < -0.3 is 4.90 Å². The van der Waals surface area contributed by atoms with Gasteiger partial charge in [0.1, 0.15) is 6.33 Å². The van der Waals surface area contributed by atoms with E-state index in [-0.39, 0.29) is 0 Å². The van der Waals surface area contributed by atoms with Crippen LogP contribution in [0.5, 0.6) is 0 Å². The Morgan fingerprint density at radius 2 is 2.05 bits per heavy atom. The third-order valence-corrected chi connectivity index (χ3v) is 4.30. The van der Waals surface area contributed by atoms with Crippen LogP contribution in [0.4, 0.5) is 0 Å². The summed E-state index contributed by atoms with van der Waals surface area (Å²) in [5, 5.41) is 1.10. The second-order valence-corrected chi connectivity index (χ2v) is 5.79. The first-order valence-corrected chi connectivity index (χ1v) is 7.27. The van der Waals surface area contributed by atoms with Gasteiger partial charge in [-0.05, 0) is 29.8 Å². The lowest BCUT2D eigenvalue weighted by Crippen LogP contribution is -2.30. The molecule has 0 saturated heterocycles. The number of hydrogen-bond acceptors (Lipinski definition) is 3. The maximum atomic E-state index is 4.39. The summed E-state index contributed by atoms with van der Waals surface area (Å²) < 4.78 is 0. The quantitative estimate of drug-likeness (QED) is 0.683. The van der Waals surface area contributed by atoms with Crippen molar-refractivity contribution in [2.75, 3.05) is 13.6 Å². The van der Waals surface area contributed by atoms with Crippen molar-refractivity contribution in [3.63, 3.8) is 0 Å². The van der Waals surface area contributed by atoms with E-state index in [1.54, 1.807) is 6.33 Å². The first-order valence-electron chi connectivity index (χ1n) is 7.27. The Kier molecular flexibility index (Phi) is 2.93. The molecule has 0 spiro atoms. The van der Waals surface area contributed by atoms with Gasteiger partial charge in [0.15, 0.2) is 0 Å². The number of benzene rings is 2. The van der Waals surface area contributed by atoms with E-state index in [1.807, 2.05) is 6.20 Å². The molecule has 0 unspecified atom stereocenters. The average Bonchev–Trinajstić information content (AvgIpc) is 2.53. The van der Waals surface area contributed by atoms with Crippen LogP contribution in [0.25, 0.3) is 10.9 Å². The molecule has 1 aliphatic heterocycles. The van der Waals surface area contributed by atoms with E-state index < -0.39 is 0 Å². The first-order chi connectivity index (χ1) is 10.3. The number of rotatable bonds is 1. The van der Waals surface area contributed by atoms with Crippen LogP contribution < -0.4 is 0 Å². The van der Waals surface area contributed by atoms with Gasteiger partial charge in [-0.1, -0.05) is 36.4 Å². The summed E-state index contributed by atoms with van der Waals surface area (Å²) in [7, 11) is 2.19. The van der Waals surface area contributed by atoms with Crippen molar-refractivity contribution in [3.05, 3.63) is 71.7 Å². The Morgan fingerprint density at radius 1 is 1.14 bits per heavy atom. The summed E-state index contributed by atoms with van der Waals surface area (Å²) in [6, 6.07) is 15.3. The predicted octanol–water partition coefficient (Wildman–Crippen LogP) is 3.21. The molecule has 3 nitrogen and oxygen atoms in total. The van der Waals surface area contributed by atoms with Crippen molar-refractivity contribution in [1.29, 1.82) is 0 Å². The Bertz CT molecular complexity index is 797. The summed E-state index contributed by atoms with van der Waals surface area (Å²) >= 11 is 0. The van der Waals surface area contributed by atoms with Crippen molar-refractivity contribution in [2.24, 2.45) is 0 Å². The predicted molar refractivity (Wildman–Crippen MR) is 84.2 cm³/mol. The van der Waals surface area contributed by atoms with Gasteiger partial charge in [-0.2, -0.15) is 0 Å². The standard InChI is InChI=1S/C18H17N3/c1-21-10-15-4-2-3-5-16(15)17(11-21)13-6-7-14-9-19-12-20-18(14)8-13/h2-9,12,17H,10-11H2,1H3/t17-/m0/s1. The van der Waals surface area contributed by atoms with Gasteiger partial charge in [-0.3, -0.25) is 0 Å². The Labute approximate surface area is 124 Å². The minimum atomic E-state index is 0.416. The first kappa shape index (κ1) is 12.5. The molecule has 0 N–H and O–H groups in total. The molecule has 0 radical (unpaired) electrons. The van der Waals surface area contributed by atoms with Gasteiger partial charge in [0.05, 0.1) is 5.52 Å². The fraction of sp³-hybridized carbons (Fsp3) is 0.222. The zero-order valence-corrected chi connectivity index (χ0v) is 12.0. The van der Waals surface area contributed by atoms with Gasteiger partial charge in [-0.25, -0.2) is 9.97 Å². The van der Waals surface area contributed by atoms with E-state index in [9.17, 15) is 0 Å². The summed E-state index contributed by atoms with van der Waals surface area (Å²) in [6.45, 7) is 2.08. The molecule has 1 aliphatic rings. The van der Waals surface area contributed by atoms with Crippen LogP contribution in [-0.4, -0.2) is 28.5 Å². The summed E-state index contributed by atoms with van der Waals surface area (Å²) in [4.78, 5) is 10.9. The molecule has 1 aromatic heterocycles. The molecule has 1 atom stereocenters. The van der Waals surface area contributed by atoms with Gasteiger partial charge >= 0.3 is 0 Å². The number of hydrogen-bond donors (Lipinski definition) is 0. The molecule has 21 heavy (non-hydrogen) atoms. The highest BCUT2D eigenvalue weighted by Crippen LogP contribution is 2.33. The summed E-state index contributed by atoms with van der Waals surface area (Å²) in [5.41, 5.74) is 5.23. The van der Waals surface area contributed by atoms with Crippen molar-refractivity contribution < 1.29 is 0 Å². The maximum absolute atomic E-state index is 4.39. The van der Waals surface area contributed by atoms with E-state index in [0.29, 0.717) is 5.92 Å². The van der Waals surface area contributed by atoms with Gasteiger partial charge in [0.25, 0.3) is 0 Å². The molecular weight excluding hydrogens is 258 g/mol. The fourth-order valence-electron chi connectivity index (χ4n) is 3.28. The third-order valence-electron chi connectivity index (χ3n) is 4.30. The lowest BCUT2D eigenvalue weighted by atomic mass is 9.84. The SMILES string of the molecule is CN1Cc2ccccc2[C@H](c2ccc3cncnc3c2)C1. The third kappa shape index (κ3) is 2.20. The molecule has 0 amide bonds. The topological polar surface area (TPSA) is 29.0 Å². The molecular formula is C18H17N3. The average molecular weight is 275 g/mol. The van der Waals surface area contributed by atoms with Crippen LogP contribution in [0, 0.1) is 0 Å². The molecule has 0 saturated carbocycles. The highest BCUT2D eigenvalue weighted by Gasteiger charge is 2.24. The Hall–Kier alpha value is -2.26. The monoisotopic (exact) mass is 275 g/mol. The fourth-order valence-corrected chi connectivity index (χ4v) is 3.28. The van der Waals surface area contributed by atoms with E-state index in [4.69, 9.17) is 0 Å². The lowest BCUT2D eigenvalue weighted by Gasteiger charge is -2.32. The van der Waals surface area contributed by atoms with Crippen molar-refractivity contribution in [3.8, 4) is 0 Å². The minimum absolute atomic E-state index is 0.416. The number of likely N-dealkylation sites (N-methyl/N-ethyl adjacent to an activating group) is 1. The van der Waals surface area contributed by atoms with Crippen LogP contribution in [-0.2, 0) is 6.54 Å². The largest absolute Gasteiger partial charge is 0.301 e. The number of fused-ring (bicyclic) bond motifs is 2. The smallest absolute Gasteiger partial charge is 0.116 e. The van der Waals surface area contributed by atoms with Gasteiger partial charge in [-0.15, -0.1) is 0 Å². The molecule has 0 fully saturated rings. The van der Waals surface area contributed by atoms with Crippen LogP contribution >= 0.6 is 0 Å². The van der Waals surface area contributed by atoms with E-state index >= 15 is 0 Å². The second kappa shape index (κ2) is 4.93. The summed E-state index contributed by atoms with van der Waals surface area (Å²) in [6.07, 6.45) is 3.49. The number of aromatic nitrogens is 2. The zero-order valence-electron chi connectivity index (χ0n) is 12.0. The molecule has 0 bridgehead atoms. The highest BCUT2D eigenvalue weighted by atomic mass is 15.1. The summed E-state index contributed by atoms with van der Waals surface area (Å²) in [5.74, 6) is 0.416. The maximum Gasteiger partial charge on any atom is 0.116 e. The molecule has 2 aromatic carbocycles.